The van der Waals surface area contributed by atoms with Gasteiger partial charge in [0.25, 0.3) is 0 Å². The lowest BCUT2D eigenvalue weighted by Gasteiger charge is -2.00. The van der Waals surface area contributed by atoms with E-state index in [-0.39, 0.29) is 5.78 Å². The van der Waals surface area contributed by atoms with Gasteiger partial charge in [0.05, 0.1) is 6.61 Å². The van der Waals surface area contributed by atoms with E-state index in [0.29, 0.717) is 24.3 Å². The van der Waals surface area contributed by atoms with Crippen molar-refractivity contribution in [1.29, 1.82) is 0 Å². The monoisotopic (exact) mass is 181 g/mol. The number of hydrogen-bond acceptors (Lipinski definition) is 4. The van der Waals surface area contributed by atoms with Crippen molar-refractivity contribution in [3.05, 3.63) is 11.8 Å². The fourth-order valence-corrected chi connectivity index (χ4v) is 0.982. The molecule has 4 heteroatoms. The highest BCUT2D eigenvalue weighted by Crippen LogP contribution is 2.13. The molecule has 0 bridgehead atoms. The van der Waals surface area contributed by atoms with E-state index in [9.17, 15) is 9.59 Å². The number of carbonyl (C=O) groups is 2. The van der Waals surface area contributed by atoms with E-state index in [1.807, 2.05) is 0 Å². The summed E-state index contributed by atoms with van der Waals surface area (Å²) in [6.45, 7) is 3.51. The number of ketones is 1. The highest BCUT2D eigenvalue weighted by atomic mass is 16.5. The molecule has 0 atom stereocenters. The molecule has 4 nitrogen and oxygen atoms in total. The Morgan fingerprint density at radius 3 is 2.77 bits per heavy atom. The standard InChI is InChI=1S/C9H11NO3/c1-3-13-9(12)8-4-7(5-10-8)6(2)11/h5H,3-4H2,1-2H3. The second-order valence-electron chi connectivity index (χ2n) is 2.68. The van der Waals surface area contributed by atoms with Crippen LogP contribution in [0, 0.1) is 0 Å². The summed E-state index contributed by atoms with van der Waals surface area (Å²) in [5.74, 6) is -0.488. The molecule has 1 aliphatic heterocycles. The third-order valence-corrected chi connectivity index (χ3v) is 1.70. The Morgan fingerprint density at radius 2 is 2.31 bits per heavy atom. The smallest absolute Gasteiger partial charge is 0.352 e. The van der Waals surface area contributed by atoms with Crippen LogP contribution in [0.2, 0.25) is 0 Å². The minimum atomic E-state index is -0.435. The lowest BCUT2D eigenvalue weighted by molar-refractivity contribution is -0.135. The van der Waals surface area contributed by atoms with Gasteiger partial charge in [-0.05, 0) is 13.8 Å². The first-order valence-corrected chi connectivity index (χ1v) is 4.09. The molecule has 0 saturated heterocycles. The van der Waals surface area contributed by atoms with Crippen LogP contribution in [0.5, 0.6) is 0 Å². The summed E-state index contributed by atoms with van der Waals surface area (Å²) in [6.07, 6.45) is 1.72. The molecule has 70 valence electrons. The van der Waals surface area contributed by atoms with Crippen molar-refractivity contribution in [1.82, 2.24) is 0 Å². The van der Waals surface area contributed by atoms with Gasteiger partial charge in [-0.3, -0.25) is 9.79 Å². The van der Waals surface area contributed by atoms with Crippen molar-refractivity contribution >= 4 is 17.5 Å². The Hall–Kier alpha value is -1.45. The molecule has 1 heterocycles. The summed E-state index contributed by atoms with van der Waals surface area (Å²) < 4.78 is 4.74. The van der Waals surface area contributed by atoms with E-state index < -0.39 is 5.97 Å². The minimum Gasteiger partial charge on any atom is -0.461 e. The van der Waals surface area contributed by atoms with Crippen molar-refractivity contribution < 1.29 is 14.3 Å². The predicted octanol–water partition coefficient (Wildman–Crippen LogP) is 0.867. The molecule has 0 radical (unpaired) electrons. The molecule has 1 rings (SSSR count). The first-order valence-electron chi connectivity index (χ1n) is 4.09. The maximum atomic E-state index is 11.1. The molecule has 0 saturated carbocycles. The van der Waals surface area contributed by atoms with Crippen LogP contribution in [0.25, 0.3) is 0 Å². The number of hydrogen-bond donors (Lipinski definition) is 0. The number of Topliss-reactive ketones (excluding diaryl/α,β-unsaturated/α-hetero) is 1. The SMILES string of the molecule is CCOC(=O)C1=NC=C(C(C)=O)C1. The van der Waals surface area contributed by atoms with Crippen molar-refractivity contribution in [2.45, 2.75) is 20.3 Å². The van der Waals surface area contributed by atoms with E-state index in [0.717, 1.165) is 0 Å². The third-order valence-electron chi connectivity index (χ3n) is 1.70. The normalized spacial score (nSPS) is 14.9. The molecular formula is C9H11NO3. The molecule has 0 unspecified atom stereocenters. The van der Waals surface area contributed by atoms with Crippen LogP contribution in [0.3, 0.4) is 0 Å². The third kappa shape index (κ3) is 2.24. The minimum absolute atomic E-state index is 0.0527. The van der Waals surface area contributed by atoms with E-state index in [2.05, 4.69) is 4.99 Å². The largest absolute Gasteiger partial charge is 0.461 e. The fourth-order valence-electron chi connectivity index (χ4n) is 0.982. The van der Waals surface area contributed by atoms with Crippen molar-refractivity contribution in [2.75, 3.05) is 6.61 Å². The van der Waals surface area contributed by atoms with Crippen LogP contribution in [0.15, 0.2) is 16.8 Å². The van der Waals surface area contributed by atoms with Crippen LogP contribution < -0.4 is 0 Å². The maximum Gasteiger partial charge on any atom is 0.352 e. The van der Waals surface area contributed by atoms with Gasteiger partial charge in [0.15, 0.2) is 5.78 Å². The molecule has 0 N–H and O–H groups in total. The first kappa shape index (κ1) is 9.64. The maximum absolute atomic E-state index is 11.1. The summed E-state index contributed by atoms with van der Waals surface area (Å²) in [5.41, 5.74) is 0.870. The second kappa shape index (κ2) is 3.98. The van der Waals surface area contributed by atoms with E-state index in [1.165, 1.54) is 13.1 Å². The Labute approximate surface area is 76.3 Å². The summed E-state index contributed by atoms with van der Waals surface area (Å²) in [4.78, 5) is 25.8. The van der Waals surface area contributed by atoms with Crippen LogP contribution in [0.4, 0.5) is 0 Å². The lowest BCUT2D eigenvalue weighted by atomic mass is 10.1. The van der Waals surface area contributed by atoms with Gasteiger partial charge >= 0.3 is 5.97 Å². The van der Waals surface area contributed by atoms with Gasteiger partial charge in [0.2, 0.25) is 0 Å². The Balaban J connectivity index is 2.54. The second-order valence-corrected chi connectivity index (χ2v) is 2.68. The Morgan fingerprint density at radius 1 is 1.62 bits per heavy atom. The number of aliphatic imine (C=N–C) groups is 1. The molecule has 0 amide bonds. The molecule has 1 aliphatic rings. The average molecular weight is 181 g/mol. The first-order chi connectivity index (χ1) is 6.15. The van der Waals surface area contributed by atoms with Crippen LogP contribution in [-0.2, 0) is 14.3 Å². The van der Waals surface area contributed by atoms with Crippen molar-refractivity contribution in [3.63, 3.8) is 0 Å². The van der Waals surface area contributed by atoms with Crippen LogP contribution >= 0.6 is 0 Å². The van der Waals surface area contributed by atoms with Crippen LogP contribution in [0.1, 0.15) is 20.3 Å². The topological polar surface area (TPSA) is 55.7 Å². The number of rotatable bonds is 3. The Kier molecular flexibility index (Phi) is 2.95. The van der Waals surface area contributed by atoms with Gasteiger partial charge in [-0.25, -0.2) is 4.79 Å². The number of carbonyl (C=O) groups excluding carboxylic acids is 2. The van der Waals surface area contributed by atoms with Crippen molar-refractivity contribution in [2.24, 2.45) is 4.99 Å². The van der Waals surface area contributed by atoms with E-state index in [1.54, 1.807) is 6.92 Å². The molecule has 0 aromatic heterocycles. The van der Waals surface area contributed by atoms with Crippen LogP contribution in [-0.4, -0.2) is 24.1 Å². The molecule has 0 spiro atoms. The van der Waals surface area contributed by atoms with E-state index >= 15 is 0 Å². The molecule has 0 aliphatic carbocycles. The zero-order chi connectivity index (χ0) is 9.84. The summed E-state index contributed by atoms with van der Waals surface area (Å²) in [6, 6.07) is 0. The van der Waals surface area contributed by atoms with Crippen molar-refractivity contribution in [3.8, 4) is 0 Å². The quantitative estimate of drug-likeness (QED) is 0.607. The summed E-state index contributed by atoms with van der Waals surface area (Å²) in [7, 11) is 0. The van der Waals surface area contributed by atoms with Gasteiger partial charge in [-0.2, -0.15) is 0 Å². The zero-order valence-corrected chi connectivity index (χ0v) is 7.66. The molecule has 0 aromatic rings. The number of nitrogens with zero attached hydrogens (tertiary/aromatic N) is 1. The predicted molar refractivity (Wildman–Crippen MR) is 47.4 cm³/mol. The number of ether oxygens (including phenoxy) is 1. The van der Waals surface area contributed by atoms with Gasteiger partial charge < -0.3 is 4.74 Å². The molecule has 0 aromatic carbocycles. The van der Waals surface area contributed by atoms with Gasteiger partial charge in [0, 0.05) is 18.2 Å². The zero-order valence-electron chi connectivity index (χ0n) is 7.66. The lowest BCUT2D eigenvalue weighted by Crippen LogP contribution is -2.16. The summed E-state index contributed by atoms with van der Waals surface area (Å²) in [5, 5.41) is 0. The highest BCUT2D eigenvalue weighted by Gasteiger charge is 2.20. The average Bonchev–Trinajstić information content (AvgIpc) is 2.52. The molecule has 13 heavy (non-hydrogen) atoms. The highest BCUT2D eigenvalue weighted by molar-refractivity contribution is 6.38. The molecular weight excluding hydrogens is 170 g/mol. The fraction of sp³-hybridized carbons (Fsp3) is 0.444. The van der Waals surface area contributed by atoms with Gasteiger partial charge in [-0.1, -0.05) is 0 Å². The van der Waals surface area contributed by atoms with E-state index in [4.69, 9.17) is 4.74 Å². The van der Waals surface area contributed by atoms with Gasteiger partial charge in [0.1, 0.15) is 5.71 Å². The number of esters is 1. The Bertz CT molecular complexity index is 302. The summed E-state index contributed by atoms with van der Waals surface area (Å²) >= 11 is 0. The number of allylic oxidation sites excluding steroid dienone is 1. The molecule has 0 fully saturated rings. The van der Waals surface area contributed by atoms with Gasteiger partial charge in [-0.15, -0.1) is 0 Å².